The van der Waals surface area contributed by atoms with Gasteiger partial charge in [-0.25, -0.2) is 4.98 Å². The van der Waals surface area contributed by atoms with Crippen molar-refractivity contribution in [1.82, 2.24) is 24.5 Å². The number of hydrogen-bond acceptors (Lipinski definition) is 9. The molecule has 1 aliphatic rings. The lowest BCUT2D eigenvalue weighted by Gasteiger charge is -2.17. The molecule has 1 atom stereocenters. The van der Waals surface area contributed by atoms with E-state index in [0.29, 0.717) is 18.3 Å². The third-order valence-corrected chi connectivity index (χ3v) is 8.00. The van der Waals surface area contributed by atoms with Crippen LogP contribution in [0.15, 0.2) is 9.95 Å². The van der Waals surface area contributed by atoms with Crippen molar-refractivity contribution < 1.29 is 0 Å². The average molecular weight is 474 g/mol. The lowest BCUT2D eigenvalue weighted by Crippen LogP contribution is -2.24. The molecule has 0 saturated heterocycles. The van der Waals surface area contributed by atoms with E-state index in [0.717, 1.165) is 53.9 Å². The van der Waals surface area contributed by atoms with Gasteiger partial charge in [-0.15, -0.1) is 11.3 Å². The average Bonchev–Trinajstić information content (AvgIpc) is 3.13. The van der Waals surface area contributed by atoms with Gasteiger partial charge in [0.25, 0.3) is 5.56 Å². The Morgan fingerprint density at radius 2 is 1.94 bits per heavy atom. The highest BCUT2D eigenvalue weighted by Crippen LogP contribution is 2.37. The van der Waals surface area contributed by atoms with Gasteiger partial charge in [0.05, 0.1) is 10.6 Å². The molecule has 0 amide bonds. The number of thiophene rings is 1. The summed E-state index contributed by atoms with van der Waals surface area (Å²) in [6, 6.07) is 0. The molecule has 0 saturated carbocycles. The van der Waals surface area contributed by atoms with E-state index in [9.17, 15) is 4.79 Å². The third-order valence-electron chi connectivity index (χ3n) is 5.73. The van der Waals surface area contributed by atoms with Gasteiger partial charge >= 0.3 is 0 Å². The second-order valence-electron chi connectivity index (χ2n) is 8.46. The molecule has 0 aliphatic heterocycles. The lowest BCUT2D eigenvalue weighted by atomic mass is 9.97. The molecule has 0 fully saturated rings. The summed E-state index contributed by atoms with van der Waals surface area (Å²) in [7, 11) is 3.74. The van der Waals surface area contributed by atoms with E-state index in [4.69, 9.17) is 10.7 Å². The number of unbranched alkanes of at least 4 members (excludes halogenated alkanes) is 2. The van der Waals surface area contributed by atoms with E-state index >= 15 is 0 Å². The first-order valence-corrected chi connectivity index (χ1v) is 13.0. The highest BCUT2D eigenvalue weighted by molar-refractivity contribution is 7.99. The van der Waals surface area contributed by atoms with Gasteiger partial charge in [-0.2, -0.15) is 15.0 Å². The fourth-order valence-corrected chi connectivity index (χ4v) is 6.30. The van der Waals surface area contributed by atoms with Gasteiger partial charge in [-0.3, -0.25) is 9.36 Å². The molecule has 2 N–H and O–H groups in total. The number of aromatic nitrogens is 5. The number of anilines is 2. The first-order chi connectivity index (χ1) is 15.4. The summed E-state index contributed by atoms with van der Waals surface area (Å²) >= 11 is 3.21. The van der Waals surface area contributed by atoms with Crippen LogP contribution in [0.2, 0.25) is 0 Å². The van der Waals surface area contributed by atoms with E-state index < -0.39 is 0 Å². The highest BCUT2D eigenvalue weighted by atomic mass is 32.2. The van der Waals surface area contributed by atoms with Crippen LogP contribution in [0.3, 0.4) is 0 Å². The Labute approximate surface area is 196 Å². The van der Waals surface area contributed by atoms with Crippen LogP contribution in [0.1, 0.15) is 67.5 Å². The summed E-state index contributed by atoms with van der Waals surface area (Å²) in [5.74, 6) is 1.31. The van der Waals surface area contributed by atoms with E-state index in [2.05, 4.69) is 21.9 Å². The van der Waals surface area contributed by atoms with Crippen LogP contribution in [-0.2, 0) is 19.4 Å². The normalized spacial score (nSPS) is 14.5. The smallest absolute Gasteiger partial charge is 0.263 e. The van der Waals surface area contributed by atoms with E-state index in [1.54, 1.807) is 16.2 Å². The summed E-state index contributed by atoms with van der Waals surface area (Å²) in [6.07, 6.45) is 7.54. The topological polar surface area (TPSA) is 103 Å². The summed E-state index contributed by atoms with van der Waals surface area (Å²) in [4.78, 5) is 35.7. The van der Waals surface area contributed by atoms with Crippen LogP contribution in [0.5, 0.6) is 0 Å². The zero-order valence-corrected chi connectivity index (χ0v) is 20.9. The Bertz CT molecular complexity index is 1170. The summed E-state index contributed by atoms with van der Waals surface area (Å²) in [5.41, 5.74) is 7.27. The molecule has 10 heteroatoms. The second kappa shape index (κ2) is 9.74. The van der Waals surface area contributed by atoms with Crippen LogP contribution in [0, 0.1) is 0 Å². The molecule has 0 radical (unpaired) electrons. The molecule has 3 aromatic rings. The molecular weight excluding hydrogens is 442 g/mol. The number of fused-ring (bicyclic) bond motifs is 3. The van der Waals surface area contributed by atoms with Crippen molar-refractivity contribution in [3.05, 3.63) is 26.6 Å². The van der Waals surface area contributed by atoms with E-state index in [-0.39, 0.29) is 16.8 Å². The number of hydrogen-bond donors (Lipinski definition) is 1. The Kier molecular flexibility index (Phi) is 6.99. The first-order valence-electron chi connectivity index (χ1n) is 11.3. The molecule has 4 rings (SSSR count). The maximum absolute atomic E-state index is 13.6. The molecule has 32 heavy (non-hydrogen) atoms. The molecule has 0 bridgehead atoms. The number of nitrogens with two attached hydrogens (primary N) is 1. The SMILES string of the molecule is CCCCCn1c(SC(C)c2nc(N)nc(N(C)C)n2)nc2sc3c(c2c1=O)CCCC3. The minimum Gasteiger partial charge on any atom is -0.368 e. The molecule has 3 aromatic heterocycles. The number of nitrogens with zero attached hydrogens (tertiary/aromatic N) is 6. The second-order valence-corrected chi connectivity index (χ2v) is 10.8. The van der Waals surface area contributed by atoms with Crippen LogP contribution in [0.25, 0.3) is 10.2 Å². The van der Waals surface area contributed by atoms with Crippen molar-refractivity contribution in [2.24, 2.45) is 0 Å². The van der Waals surface area contributed by atoms with Crippen LogP contribution >= 0.6 is 23.1 Å². The lowest BCUT2D eigenvalue weighted by molar-refractivity contribution is 0.541. The standard InChI is InChI=1S/C22H31N7OS2/c1-5-6-9-12-29-19(30)16-14-10-7-8-11-15(14)32-18(16)26-22(29)31-13(2)17-24-20(23)27-21(25-17)28(3)4/h13H,5-12H2,1-4H3,(H2,23,24,25,27). The van der Waals surface area contributed by atoms with Crippen molar-refractivity contribution >= 4 is 45.2 Å². The molecular formula is C22H31N7OS2. The van der Waals surface area contributed by atoms with Gasteiger partial charge in [0.15, 0.2) is 5.16 Å². The van der Waals surface area contributed by atoms with Gasteiger partial charge in [-0.05, 0) is 44.6 Å². The Balaban J connectivity index is 1.75. The van der Waals surface area contributed by atoms with Crippen molar-refractivity contribution in [1.29, 1.82) is 0 Å². The zero-order valence-electron chi connectivity index (χ0n) is 19.2. The van der Waals surface area contributed by atoms with E-state index in [1.165, 1.54) is 28.6 Å². The predicted molar refractivity (Wildman–Crippen MR) is 133 cm³/mol. The highest BCUT2D eigenvalue weighted by Gasteiger charge is 2.24. The van der Waals surface area contributed by atoms with Crippen molar-refractivity contribution in [2.45, 2.75) is 75.7 Å². The molecule has 172 valence electrons. The molecule has 8 nitrogen and oxygen atoms in total. The number of rotatable bonds is 8. The fourth-order valence-electron chi connectivity index (χ4n) is 4.02. The molecule has 0 spiro atoms. The summed E-state index contributed by atoms with van der Waals surface area (Å²) < 4.78 is 1.87. The number of nitrogen functional groups attached to an aromatic ring is 1. The van der Waals surface area contributed by atoms with Crippen molar-refractivity contribution in [2.75, 3.05) is 24.7 Å². The summed E-state index contributed by atoms with van der Waals surface area (Å²) in [6.45, 7) is 4.87. The van der Waals surface area contributed by atoms with Crippen LogP contribution in [-0.4, -0.2) is 38.6 Å². The minimum atomic E-state index is -0.129. The first kappa shape index (κ1) is 23.0. The molecule has 1 aliphatic carbocycles. The third kappa shape index (κ3) is 4.61. The quantitative estimate of drug-likeness (QED) is 0.295. The maximum Gasteiger partial charge on any atom is 0.263 e. The van der Waals surface area contributed by atoms with Crippen LogP contribution < -0.4 is 16.2 Å². The number of aryl methyl sites for hydroxylation is 2. The zero-order chi connectivity index (χ0) is 22.8. The van der Waals surface area contributed by atoms with Gasteiger partial charge < -0.3 is 10.6 Å². The molecule has 1 unspecified atom stereocenters. The Morgan fingerprint density at radius 3 is 2.69 bits per heavy atom. The largest absolute Gasteiger partial charge is 0.368 e. The molecule has 0 aromatic carbocycles. The van der Waals surface area contributed by atoms with E-state index in [1.807, 2.05) is 25.6 Å². The van der Waals surface area contributed by atoms with Crippen molar-refractivity contribution in [3.63, 3.8) is 0 Å². The fraction of sp³-hybridized carbons (Fsp3) is 0.591. The van der Waals surface area contributed by atoms with Crippen molar-refractivity contribution in [3.8, 4) is 0 Å². The maximum atomic E-state index is 13.6. The summed E-state index contributed by atoms with van der Waals surface area (Å²) in [5, 5.41) is 1.45. The minimum absolute atomic E-state index is 0.101. The predicted octanol–water partition coefficient (Wildman–Crippen LogP) is 4.21. The van der Waals surface area contributed by atoms with Gasteiger partial charge in [0, 0.05) is 25.5 Å². The monoisotopic (exact) mass is 473 g/mol. The Morgan fingerprint density at radius 1 is 1.16 bits per heavy atom. The van der Waals surface area contributed by atoms with Gasteiger partial charge in [-0.1, -0.05) is 31.5 Å². The van der Waals surface area contributed by atoms with Crippen LogP contribution in [0.4, 0.5) is 11.9 Å². The van der Waals surface area contributed by atoms with Gasteiger partial charge in [0.2, 0.25) is 11.9 Å². The number of thioether (sulfide) groups is 1. The molecule has 3 heterocycles. The Hall–Kier alpha value is -2.20. The van der Waals surface area contributed by atoms with Gasteiger partial charge in [0.1, 0.15) is 10.7 Å².